The number of aldehydes is 1. The number of hydrogen-bond donors (Lipinski definition) is 0. The van der Waals surface area contributed by atoms with Crippen molar-refractivity contribution in [2.75, 3.05) is 6.61 Å². The molecule has 0 aliphatic rings. The fourth-order valence-electron chi connectivity index (χ4n) is 0.857. The summed E-state index contributed by atoms with van der Waals surface area (Å²) in [4.78, 5) is 10.3. The van der Waals surface area contributed by atoms with E-state index in [4.69, 9.17) is 0 Å². The van der Waals surface area contributed by atoms with E-state index in [-0.39, 0.29) is 11.3 Å². The zero-order chi connectivity index (χ0) is 10.6. The van der Waals surface area contributed by atoms with Gasteiger partial charge in [-0.1, -0.05) is 0 Å². The van der Waals surface area contributed by atoms with Crippen molar-refractivity contribution >= 4 is 6.29 Å². The van der Waals surface area contributed by atoms with Gasteiger partial charge in [0.25, 0.3) is 6.43 Å². The van der Waals surface area contributed by atoms with Crippen LogP contribution in [-0.2, 0) is 0 Å². The Hall–Kier alpha value is -1.52. The molecule has 0 unspecified atom stereocenters. The van der Waals surface area contributed by atoms with E-state index in [1.807, 2.05) is 0 Å². The van der Waals surface area contributed by atoms with Crippen LogP contribution in [0.3, 0.4) is 0 Å². The Bertz CT molecular complexity index is 326. The number of hydrogen-bond acceptors (Lipinski definition) is 2. The van der Waals surface area contributed by atoms with Gasteiger partial charge in [-0.25, -0.2) is 13.2 Å². The molecule has 1 aromatic rings. The molecule has 0 fully saturated rings. The topological polar surface area (TPSA) is 26.3 Å². The van der Waals surface area contributed by atoms with Gasteiger partial charge in [0.2, 0.25) is 0 Å². The van der Waals surface area contributed by atoms with Gasteiger partial charge in [-0.3, -0.25) is 4.79 Å². The molecule has 0 N–H and O–H groups in total. The summed E-state index contributed by atoms with van der Waals surface area (Å²) in [6.45, 7) is -0.890. The standard InChI is InChI=1S/C9H7F3O2/c10-7-2-1-6(4-13)3-8(7)14-5-9(11)12/h1-4,9H,5H2. The number of ether oxygens (including phenoxy) is 1. The zero-order valence-electron chi connectivity index (χ0n) is 7.04. The predicted molar refractivity (Wildman–Crippen MR) is 43.3 cm³/mol. The summed E-state index contributed by atoms with van der Waals surface area (Å²) in [5.74, 6) is -1.11. The first-order chi connectivity index (χ1) is 6.63. The number of carbonyl (C=O) groups excluding carboxylic acids is 1. The Labute approximate surface area is 78.3 Å². The Morgan fingerprint density at radius 1 is 1.43 bits per heavy atom. The van der Waals surface area contributed by atoms with Crippen LogP contribution in [0.15, 0.2) is 18.2 Å². The largest absolute Gasteiger partial charge is 0.485 e. The molecule has 76 valence electrons. The van der Waals surface area contributed by atoms with Crippen LogP contribution in [0.5, 0.6) is 5.75 Å². The lowest BCUT2D eigenvalue weighted by molar-refractivity contribution is 0.0799. The van der Waals surface area contributed by atoms with E-state index in [1.165, 1.54) is 6.07 Å². The molecular formula is C9H7F3O2. The Morgan fingerprint density at radius 3 is 2.71 bits per heavy atom. The van der Waals surface area contributed by atoms with Crippen LogP contribution in [-0.4, -0.2) is 19.3 Å². The average Bonchev–Trinajstić information content (AvgIpc) is 2.16. The lowest BCUT2D eigenvalue weighted by Gasteiger charge is -2.06. The summed E-state index contributed by atoms with van der Waals surface area (Å²) in [6, 6.07) is 3.30. The Balaban J connectivity index is 2.78. The second kappa shape index (κ2) is 4.64. The maximum Gasteiger partial charge on any atom is 0.272 e. The molecule has 0 atom stereocenters. The number of halogens is 3. The summed E-state index contributed by atoms with van der Waals surface area (Å²) < 4.78 is 40.8. The first-order valence-corrected chi connectivity index (χ1v) is 3.79. The van der Waals surface area contributed by atoms with Gasteiger partial charge in [-0.2, -0.15) is 0 Å². The van der Waals surface area contributed by atoms with Crippen molar-refractivity contribution in [3.05, 3.63) is 29.6 Å². The molecule has 5 heteroatoms. The van der Waals surface area contributed by atoms with Crippen molar-refractivity contribution in [3.8, 4) is 5.75 Å². The molecule has 0 aliphatic carbocycles. The highest BCUT2D eigenvalue weighted by molar-refractivity contribution is 5.75. The smallest absolute Gasteiger partial charge is 0.272 e. The highest BCUT2D eigenvalue weighted by Crippen LogP contribution is 2.18. The van der Waals surface area contributed by atoms with E-state index in [2.05, 4.69) is 4.74 Å². The Kier molecular flexibility index (Phi) is 3.50. The van der Waals surface area contributed by atoms with E-state index >= 15 is 0 Å². The third-order valence-corrected chi connectivity index (χ3v) is 1.46. The molecule has 14 heavy (non-hydrogen) atoms. The number of carbonyl (C=O) groups is 1. The number of rotatable bonds is 4. The minimum atomic E-state index is -2.67. The molecular weight excluding hydrogens is 197 g/mol. The SMILES string of the molecule is O=Cc1ccc(F)c(OCC(F)F)c1. The van der Waals surface area contributed by atoms with Gasteiger partial charge in [0, 0.05) is 5.56 Å². The lowest BCUT2D eigenvalue weighted by Crippen LogP contribution is -2.08. The first kappa shape index (κ1) is 10.6. The summed E-state index contributed by atoms with van der Waals surface area (Å²) in [5, 5.41) is 0. The quantitative estimate of drug-likeness (QED) is 0.703. The highest BCUT2D eigenvalue weighted by Gasteiger charge is 2.08. The third kappa shape index (κ3) is 2.76. The zero-order valence-corrected chi connectivity index (χ0v) is 7.04. The van der Waals surface area contributed by atoms with Gasteiger partial charge in [0.05, 0.1) is 0 Å². The van der Waals surface area contributed by atoms with Crippen molar-refractivity contribution in [3.63, 3.8) is 0 Å². The molecule has 2 nitrogen and oxygen atoms in total. The second-order valence-corrected chi connectivity index (χ2v) is 2.51. The van der Waals surface area contributed by atoms with Gasteiger partial charge in [0.1, 0.15) is 12.9 Å². The fourth-order valence-corrected chi connectivity index (χ4v) is 0.857. The van der Waals surface area contributed by atoms with Gasteiger partial charge in [-0.15, -0.1) is 0 Å². The molecule has 0 bridgehead atoms. The van der Waals surface area contributed by atoms with Crippen molar-refractivity contribution in [2.24, 2.45) is 0 Å². The van der Waals surface area contributed by atoms with Crippen LogP contribution in [0.2, 0.25) is 0 Å². The number of alkyl halides is 2. The third-order valence-electron chi connectivity index (χ3n) is 1.46. The highest BCUT2D eigenvalue weighted by atomic mass is 19.3. The summed E-state index contributed by atoms with van der Waals surface area (Å²) >= 11 is 0. The summed E-state index contributed by atoms with van der Waals surface area (Å²) in [5.41, 5.74) is 0.177. The van der Waals surface area contributed by atoms with E-state index in [1.54, 1.807) is 0 Å². The van der Waals surface area contributed by atoms with Crippen LogP contribution in [0.1, 0.15) is 10.4 Å². The van der Waals surface area contributed by atoms with Crippen LogP contribution < -0.4 is 4.74 Å². The molecule has 0 radical (unpaired) electrons. The van der Waals surface area contributed by atoms with Gasteiger partial charge in [-0.05, 0) is 18.2 Å². The molecule has 0 amide bonds. The molecule has 1 aromatic carbocycles. The van der Waals surface area contributed by atoms with Gasteiger partial charge in [0.15, 0.2) is 11.6 Å². The van der Waals surface area contributed by atoms with Crippen molar-refractivity contribution in [2.45, 2.75) is 6.43 Å². The van der Waals surface area contributed by atoms with E-state index in [0.29, 0.717) is 6.29 Å². The van der Waals surface area contributed by atoms with E-state index in [9.17, 15) is 18.0 Å². The number of benzene rings is 1. The lowest BCUT2D eigenvalue weighted by atomic mass is 10.2. The Morgan fingerprint density at radius 2 is 2.14 bits per heavy atom. The molecule has 0 aromatic heterocycles. The van der Waals surface area contributed by atoms with Crippen LogP contribution in [0.25, 0.3) is 0 Å². The van der Waals surface area contributed by atoms with Crippen molar-refractivity contribution in [1.29, 1.82) is 0 Å². The van der Waals surface area contributed by atoms with Crippen LogP contribution >= 0.6 is 0 Å². The van der Waals surface area contributed by atoms with Crippen LogP contribution in [0, 0.1) is 5.82 Å². The molecule has 0 spiro atoms. The molecule has 0 saturated heterocycles. The van der Waals surface area contributed by atoms with Crippen molar-refractivity contribution < 1.29 is 22.7 Å². The minimum Gasteiger partial charge on any atom is -0.485 e. The maximum absolute atomic E-state index is 12.9. The van der Waals surface area contributed by atoms with E-state index < -0.39 is 18.8 Å². The molecule has 0 aliphatic heterocycles. The molecule has 0 saturated carbocycles. The van der Waals surface area contributed by atoms with E-state index in [0.717, 1.165) is 12.1 Å². The van der Waals surface area contributed by atoms with Crippen molar-refractivity contribution in [1.82, 2.24) is 0 Å². The van der Waals surface area contributed by atoms with Gasteiger partial charge >= 0.3 is 0 Å². The first-order valence-electron chi connectivity index (χ1n) is 3.79. The average molecular weight is 204 g/mol. The predicted octanol–water partition coefficient (Wildman–Crippen LogP) is 2.28. The van der Waals surface area contributed by atoms with Gasteiger partial charge < -0.3 is 4.74 Å². The molecule has 0 heterocycles. The summed E-state index contributed by atoms with van der Waals surface area (Å²) in [6.07, 6.45) is -2.19. The second-order valence-electron chi connectivity index (χ2n) is 2.51. The summed E-state index contributed by atoms with van der Waals surface area (Å²) in [7, 11) is 0. The normalized spacial score (nSPS) is 10.3. The maximum atomic E-state index is 12.9. The van der Waals surface area contributed by atoms with Crippen LogP contribution in [0.4, 0.5) is 13.2 Å². The minimum absolute atomic E-state index is 0.177. The molecule has 1 rings (SSSR count). The fraction of sp³-hybridized carbons (Fsp3) is 0.222. The monoisotopic (exact) mass is 204 g/mol.